The number of benzene rings is 2. The standard InChI is InChI=1S/C21H21N3O/c1-13-9-10-15(11-14(13)2)22-21(25)19-12-18-20(24(19)4)16-7-5-6-8-17(16)23(18)3/h5-12H,1-4H3,(H,22,25). The Kier molecular flexibility index (Phi) is 3.42. The van der Waals surface area contributed by atoms with E-state index in [2.05, 4.69) is 28.9 Å². The predicted octanol–water partition coefficient (Wildman–Crippen LogP) is 4.54. The summed E-state index contributed by atoms with van der Waals surface area (Å²) in [5, 5.41) is 4.18. The molecule has 0 atom stereocenters. The maximum atomic E-state index is 12.8. The van der Waals surface area contributed by atoms with Gasteiger partial charge in [-0.3, -0.25) is 4.79 Å². The number of para-hydroxylation sites is 1. The van der Waals surface area contributed by atoms with Crippen molar-refractivity contribution in [3.8, 4) is 0 Å². The highest BCUT2D eigenvalue weighted by molar-refractivity contribution is 6.12. The van der Waals surface area contributed by atoms with Gasteiger partial charge in [0.1, 0.15) is 5.69 Å². The van der Waals surface area contributed by atoms with E-state index in [4.69, 9.17) is 0 Å². The Morgan fingerprint density at radius 3 is 2.40 bits per heavy atom. The van der Waals surface area contributed by atoms with Gasteiger partial charge in [0.2, 0.25) is 0 Å². The van der Waals surface area contributed by atoms with E-state index in [1.54, 1.807) is 0 Å². The average molecular weight is 331 g/mol. The van der Waals surface area contributed by atoms with Crippen LogP contribution < -0.4 is 5.32 Å². The SMILES string of the molecule is Cc1ccc(NC(=O)c2cc3c(c4ccccc4n3C)n2C)cc1C. The summed E-state index contributed by atoms with van der Waals surface area (Å²) < 4.78 is 4.12. The molecule has 2 heterocycles. The number of hydrogen-bond acceptors (Lipinski definition) is 1. The van der Waals surface area contributed by atoms with Crippen molar-refractivity contribution >= 4 is 33.5 Å². The van der Waals surface area contributed by atoms with Crippen molar-refractivity contribution in [1.29, 1.82) is 0 Å². The monoisotopic (exact) mass is 331 g/mol. The fourth-order valence-corrected chi connectivity index (χ4v) is 3.49. The largest absolute Gasteiger partial charge is 0.342 e. The Bertz CT molecular complexity index is 1130. The summed E-state index contributed by atoms with van der Waals surface area (Å²) in [5.74, 6) is -0.0916. The molecule has 1 N–H and O–H groups in total. The number of rotatable bonds is 2. The second kappa shape index (κ2) is 5.52. The van der Waals surface area contributed by atoms with Gasteiger partial charge in [-0.25, -0.2) is 0 Å². The molecule has 0 fully saturated rings. The first-order valence-corrected chi connectivity index (χ1v) is 8.39. The van der Waals surface area contributed by atoms with Gasteiger partial charge >= 0.3 is 0 Å². The van der Waals surface area contributed by atoms with Crippen molar-refractivity contribution < 1.29 is 4.79 Å². The number of carbonyl (C=O) groups excluding carboxylic acids is 1. The van der Waals surface area contributed by atoms with Crippen molar-refractivity contribution in [2.45, 2.75) is 13.8 Å². The van der Waals surface area contributed by atoms with Crippen molar-refractivity contribution in [2.24, 2.45) is 14.1 Å². The van der Waals surface area contributed by atoms with Crippen LogP contribution in [-0.2, 0) is 14.1 Å². The van der Waals surface area contributed by atoms with E-state index in [1.807, 2.05) is 62.0 Å². The van der Waals surface area contributed by atoms with Crippen LogP contribution in [0.4, 0.5) is 5.69 Å². The molecule has 25 heavy (non-hydrogen) atoms. The van der Waals surface area contributed by atoms with Crippen LogP contribution in [0.5, 0.6) is 0 Å². The summed E-state index contributed by atoms with van der Waals surface area (Å²) >= 11 is 0. The van der Waals surface area contributed by atoms with Gasteiger partial charge in [-0.2, -0.15) is 0 Å². The Balaban J connectivity index is 1.78. The van der Waals surface area contributed by atoms with E-state index in [-0.39, 0.29) is 5.91 Å². The lowest BCUT2D eigenvalue weighted by molar-refractivity contribution is 0.102. The lowest BCUT2D eigenvalue weighted by Crippen LogP contribution is -2.15. The van der Waals surface area contributed by atoms with Gasteiger partial charge in [-0.1, -0.05) is 24.3 Å². The van der Waals surface area contributed by atoms with Gasteiger partial charge in [0.15, 0.2) is 0 Å². The Morgan fingerprint density at radius 1 is 0.880 bits per heavy atom. The zero-order valence-corrected chi connectivity index (χ0v) is 14.9. The zero-order valence-electron chi connectivity index (χ0n) is 14.9. The molecular weight excluding hydrogens is 310 g/mol. The van der Waals surface area contributed by atoms with Crippen LogP contribution in [0, 0.1) is 13.8 Å². The second-order valence-electron chi connectivity index (χ2n) is 6.65. The Morgan fingerprint density at radius 2 is 1.64 bits per heavy atom. The number of hydrogen-bond donors (Lipinski definition) is 1. The molecular formula is C21H21N3O. The van der Waals surface area contributed by atoms with Gasteiger partial charge in [0.25, 0.3) is 5.91 Å². The summed E-state index contributed by atoms with van der Waals surface area (Å²) in [4.78, 5) is 12.8. The molecule has 0 bridgehead atoms. The smallest absolute Gasteiger partial charge is 0.272 e. The maximum absolute atomic E-state index is 12.8. The van der Waals surface area contributed by atoms with Crippen molar-refractivity contribution in [3.05, 3.63) is 65.4 Å². The zero-order chi connectivity index (χ0) is 17.7. The molecule has 0 saturated heterocycles. The van der Waals surface area contributed by atoms with Crippen LogP contribution in [0.3, 0.4) is 0 Å². The van der Waals surface area contributed by atoms with E-state index in [1.165, 1.54) is 16.6 Å². The topological polar surface area (TPSA) is 39.0 Å². The minimum absolute atomic E-state index is 0.0916. The summed E-state index contributed by atoms with van der Waals surface area (Å²) in [7, 11) is 3.99. The number of nitrogens with one attached hydrogen (secondary N) is 1. The van der Waals surface area contributed by atoms with Crippen LogP contribution in [-0.4, -0.2) is 15.0 Å². The predicted molar refractivity (Wildman–Crippen MR) is 103 cm³/mol. The molecule has 126 valence electrons. The molecule has 4 aromatic rings. The number of amides is 1. The summed E-state index contributed by atoms with van der Waals surface area (Å²) in [6, 6.07) is 16.2. The molecule has 0 unspecified atom stereocenters. The number of aryl methyl sites for hydroxylation is 4. The van der Waals surface area contributed by atoms with Gasteiger partial charge in [0.05, 0.1) is 16.6 Å². The third-order valence-corrected chi connectivity index (χ3v) is 5.09. The van der Waals surface area contributed by atoms with Crippen LogP contribution in [0.25, 0.3) is 21.9 Å². The summed E-state index contributed by atoms with van der Waals surface area (Å²) in [6.07, 6.45) is 0. The molecule has 2 aromatic carbocycles. The number of aromatic nitrogens is 2. The minimum Gasteiger partial charge on any atom is -0.342 e. The number of nitrogens with zero attached hydrogens (tertiary/aromatic N) is 2. The van der Waals surface area contributed by atoms with Gasteiger partial charge in [-0.15, -0.1) is 0 Å². The first-order chi connectivity index (χ1) is 12.0. The van der Waals surface area contributed by atoms with Gasteiger partial charge in [0, 0.05) is 25.2 Å². The molecule has 0 aliphatic rings. The molecule has 0 spiro atoms. The molecule has 0 aliphatic heterocycles. The molecule has 0 radical (unpaired) electrons. The molecule has 0 saturated carbocycles. The molecule has 4 rings (SSSR count). The van der Waals surface area contributed by atoms with E-state index in [9.17, 15) is 4.79 Å². The highest BCUT2D eigenvalue weighted by Crippen LogP contribution is 2.30. The van der Waals surface area contributed by atoms with Gasteiger partial charge < -0.3 is 14.5 Å². The Hall–Kier alpha value is -3.01. The summed E-state index contributed by atoms with van der Waals surface area (Å²) in [5.41, 5.74) is 7.18. The normalized spacial score (nSPS) is 11.4. The van der Waals surface area contributed by atoms with E-state index < -0.39 is 0 Å². The number of fused-ring (bicyclic) bond motifs is 3. The lowest BCUT2D eigenvalue weighted by Gasteiger charge is -2.09. The fourth-order valence-electron chi connectivity index (χ4n) is 3.49. The molecule has 1 amide bonds. The van der Waals surface area contributed by atoms with Crippen molar-refractivity contribution in [2.75, 3.05) is 5.32 Å². The number of anilines is 1. The first kappa shape index (κ1) is 15.5. The second-order valence-corrected chi connectivity index (χ2v) is 6.65. The minimum atomic E-state index is -0.0916. The van der Waals surface area contributed by atoms with Crippen LogP contribution in [0.15, 0.2) is 48.5 Å². The highest BCUT2D eigenvalue weighted by Gasteiger charge is 2.18. The third kappa shape index (κ3) is 2.33. The van der Waals surface area contributed by atoms with E-state index in [0.717, 1.165) is 22.1 Å². The third-order valence-electron chi connectivity index (χ3n) is 5.09. The van der Waals surface area contributed by atoms with Crippen LogP contribution in [0.2, 0.25) is 0 Å². The quantitative estimate of drug-likeness (QED) is 0.575. The van der Waals surface area contributed by atoms with E-state index >= 15 is 0 Å². The fraction of sp³-hybridized carbons (Fsp3) is 0.190. The molecule has 2 aromatic heterocycles. The van der Waals surface area contributed by atoms with Crippen LogP contribution >= 0.6 is 0 Å². The Labute approximate surface area is 146 Å². The van der Waals surface area contributed by atoms with Crippen LogP contribution in [0.1, 0.15) is 21.6 Å². The molecule has 4 nitrogen and oxygen atoms in total. The maximum Gasteiger partial charge on any atom is 0.272 e. The molecule has 0 aliphatic carbocycles. The van der Waals surface area contributed by atoms with Crippen molar-refractivity contribution in [3.63, 3.8) is 0 Å². The molecule has 4 heteroatoms. The highest BCUT2D eigenvalue weighted by atomic mass is 16.1. The lowest BCUT2D eigenvalue weighted by atomic mass is 10.1. The van der Waals surface area contributed by atoms with Gasteiger partial charge in [-0.05, 0) is 49.2 Å². The first-order valence-electron chi connectivity index (χ1n) is 8.39. The average Bonchev–Trinajstić information content (AvgIpc) is 3.08. The summed E-state index contributed by atoms with van der Waals surface area (Å²) in [6.45, 7) is 4.11. The van der Waals surface area contributed by atoms with Crippen molar-refractivity contribution in [1.82, 2.24) is 9.13 Å². The van der Waals surface area contributed by atoms with E-state index in [0.29, 0.717) is 5.69 Å². The number of carbonyl (C=O) groups is 1.